The van der Waals surface area contributed by atoms with Crippen LogP contribution in [0.1, 0.15) is 16.8 Å². The van der Waals surface area contributed by atoms with Crippen LogP contribution in [0.15, 0.2) is 23.0 Å². The molecule has 0 fully saturated rings. The number of hydrogen-bond donors (Lipinski definition) is 0. The second-order valence-corrected chi connectivity index (χ2v) is 2.65. The van der Waals surface area contributed by atoms with Crippen LogP contribution in [0.5, 0.6) is 0 Å². The summed E-state index contributed by atoms with van der Waals surface area (Å²) in [6, 6.07) is 1.52. The quantitative estimate of drug-likeness (QED) is 0.526. The van der Waals surface area contributed by atoms with Gasteiger partial charge in [-0.15, -0.1) is 0 Å². The Hall–Kier alpha value is -1.23. The molecular weight excluding hydrogens is 194 g/mol. The van der Waals surface area contributed by atoms with Crippen molar-refractivity contribution in [2.75, 3.05) is 13.2 Å². The number of halogens is 2. The summed E-state index contributed by atoms with van der Waals surface area (Å²) in [6.07, 6.45) is 0.300. The van der Waals surface area contributed by atoms with Gasteiger partial charge in [0.1, 0.15) is 12.9 Å². The van der Waals surface area contributed by atoms with Gasteiger partial charge in [-0.1, -0.05) is 0 Å². The third-order valence-corrected chi connectivity index (χ3v) is 1.56. The van der Waals surface area contributed by atoms with Crippen LogP contribution in [-0.4, -0.2) is 25.4 Å². The molecule has 1 aromatic heterocycles. The molecule has 5 heteroatoms. The Morgan fingerprint density at radius 2 is 2.36 bits per heavy atom. The molecule has 14 heavy (non-hydrogen) atoms. The summed E-state index contributed by atoms with van der Waals surface area (Å²) in [4.78, 5) is 11.2. The molecule has 0 bridgehead atoms. The number of Topliss-reactive ketones (excluding diaryl/α,β-unsaturated/α-hetero) is 1. The average Bonchev–Trinajstić information content (AvgIpc) is 2.64. The van der Waals surface area contributed by atoms with E-state index in [1.165, 1.54) is 18.6 Å². The van der Waals surface area contributed by atoms with E-state index in [4.69, 9.17) is 4.42 Å². The first-order chi connectivity index (χ1) is 6.70. The van der Waals surface area contributed by atoms with Gasteiger partial charge in [0.05, 0.1) is 18.4 Å². The SMILES string of the molecule is O=C(CCOCC(F)F)c1ccoc1. The predicted octanol–water partition coefficient (Wildman–Crippen LogP) is 2.13. The van der Waals surface area contributed by atoms with Crippen LogP contribution in [0, 0.1) is 0 Å². The highest BCUT2D eigenvalue weighted by Gasteiger charge is 2.07. The fraction of sp³-hybridized carbons (Fsp3) is 0.444. The van der Waals surface area contributed by atoms with Gasteiger partial charge in [-0.2, -0.15) is 0 Å². The van der Waals surface area contributed by atoms with Gasteiger partial charge in [0.2, 0.25) is 0 Å². The van der Waals surface area contributed by atoms with Crippen LogP contribution < -0.4 is 0 Å². The fourth-order valence-electron chi connectivity index (χ4n) is 0.905. The number of ketones is 1. The summed E-state index contributed by atoms with van der Waals surface area (Å²) in [5.41, 5.74) is 0.436. The third-order valence-electron chi connectivity index (χ3n) is 1.56. The molecule has 0 spiro atoms. The molecule has 0 saturated heterocycles. The second kappa shape index (κ2) is 5.49. The van der Waals surface area contributed by atoms with E-state index in [0.717, 1.165) is 0 Å². The zero-order chi connectivity index (χ0) is 10.4. The van der Waals surface area contributed by atoms with E-state index in [0.29, 0.717) is 5.56 Å². The third kappa shape index (κ3) is 3.66. The Morgan fingerprint density at radius 1 is 1.57 bits per heavy atom. The molecule has 0 aliphatic heterocycles. The van der Waals surface area contributed by atoms with E-state index in [-0.39, 0.29) is 18.8 Å². The lowest BCUT2D eigenvalue weighted by atomic mass is 10.2. The van der Waals surface area contributed by atoms with Crippen molar-refractivity contribution >= 4 is 5.78 Å². The van der Waals surface area contributed by atoms with Crippen LogP contribution in [0.4, 0.5) is 8.78 Å². The van der Waals surface area contributed by atoms with E-state index in [1.54, 1.807) is 0 Å². The summed E-state index contributed by atoms with van der Waals surface area (Å²) in [6.45, 7) is -0.618. The van der Waals surface area contributed by atoms with Crippen molar-refractivity contribution in [3.63, 3.8) is 0 Å². The molecule has 0 radical (unpaired) electrons. The standard InChI is InChI=1S/C9H10F2O3/c10-9(11)6-14-4-2-8(12)7-1-3-13-5-7/h1,3,5,9H,2,4,6H2. The molecule has 3 nitrogen and oxygen atoms in total. The van der Waals surface area contributed by atoms with Gasteiger partial charge in [-0.3, -0.25) is 4.79 Å². The lowest BCUT2D eigenvalue weighted by Crippen LogP contribution is -2.08. The van der Waals surface area contributed by atoms with Crippen molar-refractivity contribution in [1.82, 2.24) is 0 Å². The maximum absolute atomic E-state index is 11.6. The van der Waals surface area contributed by atoms with Crippen LogP contribution in [0.25, 0.3) is 0 Å². The molecule has 0 unspecified atom stereocenters. The van der Waals surface area contributed by atoms with Crippen LogP contribution >= 0.6 is 0 Å². The Morgan fingerprint density at radius 3 is 2.93 bits per heavy atom. The normalized spacial score (nSPS) is 10.8. The summed E-state index contributed by atoms with van der Waals surface area (Å²) in [7, 11) is 0. The molecule has 0 saturated carbocycles. The van der Waals surface area contributed by atoms with Crippen LogP contribution in [-0.2, 0) is 4.74 Å². The number of furan rings is 1. The highest BCUT2D eigenvalue weighted by atomic mass is 19.3. The van der Waals surface area contributed by atoms with Crippen molar-refractivity contribution in [1.29, 1.82) is 0 Å². The van der Waals surface area contributed by atoms with Crippen molar-refractivity contribution in [3.05, 3.63) is 24.2 Å². The van der Waals surface area contributed by atoms with E-state index >= 15 is 0 Å². The minimum absolute atomic E-state index is 0.00829. The maximum atomic E-state index is 11.6. The summed E-state index contributed by atoms with van der Waals surface area (Å²) in [5.74, 6) is -0.173. The van der Waals surface area contributed by atoms with Gasteiger partial charge >= 0.3 is 0 Å². The van der Waals surface area contributed by atoms with Crippen LogP contribution in [0.2, 0.25) is 0 Å². The Labute approximate surface area is 79.7 Å². The Balaban J connectivity index is 2.16. The molecule has 1 heterocycles. The molecule has 0 aromatic carbocycles. The number of carbonyl (C=O) groups is 1. The lowest BCUT2D eigenvalue weighted by Gasteiger charge is -2.01. The van der Waals surface area contributed by atoms with Gasteiger partial charge in [0.25, 0.3) is 6.43 Å². The van der Waals surface area contributed by atoms with Crippen molar-refractivity contribution in [3.8, 4) is 0 Å². The molecule has 0 amide bonds. The predicted molar refractivity (Wildman–Crippen MR) is 44.5 cm³/mol. The number of alkyl halides is 2. The van der Waals surface area contributed by atoms with Gasteiger partial charge in [0.15, 0.2) is 5.78 Å². The highest BCUT2D eigenvalue weighted by molar-refractivity contribution is 5.95. The van der Waals surface area contributed by atoms with E-state index in [1.807, 2.05) is 0 Å². The number of rotatable bonds is 6. The largest absolute Gasteiger partial charge is 0.472 e. The van der Waals surface area contributed by atoms with Gasteiger partial charge in [0, 0.05) is 6.42 Å². The zero-order valence-electron chi connectivity index (χ0n) is 7.41. The molecule has 0 aliphatic carbocycles. The minimum Gasteiger partial charge on any atom is -0.472 e. The first-order valence-electron chi connectivity index (χ1n) is 4.11. The zero-order valence-corrected chi connectivity index (χ0v) is 7.41. The summed E-state index contributed by atoms with van der Waals surface area (Å²) in [5, 5.41) is 0. The van der Waals surface area contributed by atoms with Gasteiger partial charge < -0.3 is 9.15 Å². The summed E-state index contributed by atoms with van der Waals surface area (Å²) < 4.78 is 32.5. The average molecular weight is 204 g/mol. The second-order valence-electron chi connectivity index (χ2n) is 2.65. The van der Waals surface area contributed by atoms with E-state index < -0.39 is 13.0 Å². The molecule has 1 rings (SSSR count). The number of carbonyl (C=O) groups excluding carboxylic acids is 1. The molecule has 78 valence electrons. The Bertz CT molecular complexity index is 270. The van der Waals surface area contributed by atoms with Gasteiger partial charge in [-0.05, 0) is 6.07 Å². The number of hydrogen-bond acceptors (Lipinski definition) is 3. The van der Waals surface area contributed by atoms with Crippen LogP contribution in [0.3, 0.4) is 0 Å². The molecular formula is C9H10F2O3. The molecule has 0 aliphatic rings. The smallest absolute Gasteiger partial charge is 0.261 e. The fourth-order valence-corrected chi connectivity index (χ4v) is 0.905. The van der Waals surface area contributed by atoms with E-state index in [2.05, 4.69) is 4.74 Å². The number of ether oxygens (including phenoxy) is 1. The van der Waals surface area contributed by atoms with Crippen molar-refractivity contribution < 1.29 is 22.7 Å². The lowest BCUT2D eigenvalue weighted by molar-refractivity contribution is 0.0169. The highest BCUT2D eigenvalue weighted by Crippen LogP contribution is 2.04. The Kier molecular flexibility index (Phi) is 4.25. The van der Waals surface area contributed by atoms with E-state index in [9.17, 15) is 13.6 Å². The monoisotopic (exact) mass is 204 g/mol. The first kappa shape index (κ1) is 10.8. The summed E-state index contributed by atoms with van der Waals surface area (Å²) >= 11 is 0. The van der Waals surface area contributed by atoms with Crippen molar-refractivity contribution in [2.45, 2.75) is 12.8 Å². The molecule has 0 N–H and O–H groups in total. The maximum Gasteiger partial charge on any atom is 0.261 e. The molecule has 1 aromatic rings. The molecule has 0 atom stereocenters. The topological polar surface area (TPSA) is 39.4 Å². The van der Waals surface area contributed by atoms with Crippen molar-refractivity contribution in [2.24, 2.45) is 0 Å². The first-order valence-corrected chi connectivity index (χ1v) is 4.11. The van der Waals surface area contributed by atoms with Gasteiger partial charge in [-0.25, -0.2) is 8.78 Å². The minimum atomic E-state index is -2.49.